The predicted molar refractivity (Wildman–Crippen MR) is 116 cm³/mol. The summed E-state index contributed by atoms with van der Waals surface area (Å²) in [6, 6.07) is 5.92. The van der Waals surface area contributed by atoms with E-state index < -0.39 is 4.92 Å². The van der Waals surface area contributed by atoms with Crippen LogP contribution < -0.4 is 10.6 Å². The Bertz CT molecular complexity index is 739. The van der Waals surface area contributed by atoms with Crippen LogP contribution in [0.3, 0.4) is 0 Å². The van der Waals surface area contributed by atoms with Crippen molar-refractivity contribution in [3.8, 4) is 0 Å². The fourth-order valence-electron chi connectivity index (χ4n) is 2.30. The van der Waals surface area contributed by atoms with E-state index in [1.807, 2.05) is 25.1 Å². The second kappa shape index (κ2) is 13.1. The average Bonchev–Trinajstić information content (AvgIpc) is 3.09. The standard InChI is InChI=1S/C18H26N6O2S2/c1-15-17(23-14-22-15)13-28-11-8-21-18(12-24(25)26)20-7-10-27-9-5-16-4-2-3-6-19-16/h2-4,6,12,14,20-21H,5,7-11,13H2,1H3,(H,22,23). The molecule has 10 heteroatoms. The first-order valence-electron chi connectivity index (χ1n) is 9.02. The summed E-state index contributed by atoms with van der Waals surface area (Å²) in [5.41, 5.74) is 3.21. The third-order valence-electron chi connectivity index (χ3n) is 3.76. The van der Waals surface area contributed by atoms with Gasteiger partial charge in [-0.25, -0.2) is 4.98 Å². The Morgan fingerprint density at radius 2 is 2.00 bits per heavy atom. The topological polar surface area (TPSA) is 109 Å². The summed E-state index contributed by atoms with van der Waals surface area (Å²) in [7, 11) is 0. The number of aromatic nitrogens is 3. The van der Waals surface area contributed by atoms with Crippen LogP contribution in [0, 0.1) is 17.0 Å². The summed E-state index contributed by atoms with van der Waals surface area (Å²) in [5.74, 6) is 3.96. The van der Waals surface area contributed by atoms with Crippen molar-refractivity contribution in [2.75, 3.05) is 30.3 Å². The fraction of sp³-hybridized carbons (Fsp3) is 0.444. The van der Waals surface area contributed by atoms with Crippen LogP contribution in [0.15, 0.2) is 42.7 Å². The van der Waals surface area contributed by atoms with Crippen molar-refractivity contribution < 1.29 is 4.92 Å². The summed E-state index contributed by atoms with van der Waals surface area (Å²) in [6.45, 7) is 3.31. The zero-order chi connectivity index (χ0) is 20.0. The lowest BCUT2D eigenvalue weighted by atomic mass is 10.3. The third kappa shape index (κ3) is 9.14. The minimum Gasteiger partial charge on any atom is -0.366 e. The average molecular weight is 423 g/mol. The number of nitrogens with one attached hydrogen (secondary N) is 3. The van der Waals surface area contributed by atoms with Gasteiger partial charge in [0.15, 0.2) is 5.82 Å². The number of rotatable bonds is 14. The van der Waals surface area contributed by atoms with Crippen LogP contribution in [0.4, 0.5) is 0 Å². The Morgan fingerprint density at radius 1 is 1.21 bits per heavy atom. The van der Waals surface area contributed by atoms with E-state index in [0.717, 1.165) is 52.7 Å². The van der Waals surface area contributed by atoms with Gasteiger partial charge in [0.2, 0.25) is 0 Å². The predicted octanol–water partition coefficient (Wildman–Crippen LogP) is 2.58. The van der Waals surface area contributed by atoms with Gasteiger partial charge in [0, 0.05) is 47.9 Å². The molecule has 0 aliphatic rings. The van der Waals surface area contributed by atoms with Gasteiger partial charge in [0.25, 0.3) is 6.20 Å². The number of H-pyrrole nitrogens is 1. The first-order valence-corrected chi connectivity index (χ1v) is 11.3. The molecule has 0 fully saturated rings. The molecule has 3 N–H and O–H groups in total. The number of imidazole rings is 1. The maximum Gasteiger partial charge on any atom is 0.274 e. The summed E-state index contributed by atoms with van der Waals surface area (Å²) < 4.78 is 0. The van der Waals surface area contributed by atoms with E-state index in [2.05, 4.69) is 25.6 Å². The molecule has 0 amide bonds. The van der Waals surface area contributed by atoms with E-state index in [4.69, 9.17) is 0 Å². The molecule has 2 heterocycles. The lowest BCUT2D eigenvalue weighted by Crippen LogP contribution is -2.30. The number of hydrogen-bond acceptors (Lipinski definition) is 8. The summed E-state index contributed by atoms with van der Waals surface area (Å²) >= 11 is 3.54. The van der Waals surface area contributed by atoms with Crippen molar-refractivity contribution in [2.45, 2.75) is 19.1 Å². The van der Waals surface area contributed by atoms with E-state index in [-0.39, 0.29) is 0 Å². The number of aryl methyl sites for hydroxylation is 2. The Balaban J connectivity index is 1.57. The van der Waals surface area contributed by atoms with E-state index >= 15 is 0 Å². The van der Waals surface area contributed by atoms with Crippen molar-refractivity contribution in [3.63, 3.8) is 0 Å². The maximum atomic E-state index is 10.8. The minimum absolute atomic E-state index is 0.441. The minimum atomic E-state index is -0.441. The van der Waals surface area contributed by atoms with Crippen LogP contribution in [-0.2, 0) is 12.2 Å². The molecule has 0 saturated heterocycles. The van der Waals surface area contributed by atoms with Crippen molar-refractivity contribution in [1.82, 2.24) is 25.6 Å². The van der Waals surface area contributed by atoms with E-state index in [1.165, 1.54) is 0 Å². The highest BCUT2D eigenvalue weighted by Crippen LogP contribution is 2.11. The summed E-state index contributed by atoms with van der Waals surface area (Å²) in [4.78, 5) is 22.0. The second-order valence-corrected chi connectivity index (χ2v) is 8.22. The van der Waals surface area contributed by atoms with Crippen molar-refractivity contribution in [3.05, 3.63) is 69.9 Å². The Kier molecular flexibility index (Phi) is 10.3. The molecule has 0 atom stereocenters. The molecule has 0 aliphatic heterocycles. The number of hydrogen-bond donors (Lipinski definition) is 3. The highest BCUT2D eigenvalue weighted by molar-refractivity contribution is 7.99. The Morgan fingerprint density at radius 3 is 2.64 bits per heavy atom. The Labute approximate surface area is 173 Å². The number of nitro groups is 1. The first kappa shape index (κ1) is 22.1. The molecular formula is C18H26N6O2S2. The maximum absolute atomic E-state index is 10.8. The molecular weight excluding hydrogens is 396 g/mol. The second-order valence-electron chi connectivity index (χ2n) is 5.89. The Hall–Kier alpha value is -2.20. The zero-order valence-corrected chi connectivity index (χ0v) is 17.5. The molecule has 0 aromatic carbocycles. The van der Waals surface area contributed by atoms with Crippen molar-refractivity contribution in [2.24, 2.45) is 0 Å². The molecule has 0 saturated carbocycles. The number of aromatic amines is 1. The monoisotopic (exact) mass is 422 g/mol. The van der Waals surface area contributed by atoms with Gasteiger partial charge in [0.1, 0.15) is 0 Å². The van der Waals surface area contributed by atoms with Gasteiger partial charge in [-0.05, 0) is 31.2 Å². The molecule has 8 nitrogen and oxygen atoms in total. The van der Waals surface area contributed by atoms with E-state index in [0.29, 0.717) is 18.9 Å². The van der Waals surface area contributed by atoms with Crippen LogP contribution in [0.25, 0.3) is 0 Å². The number of nitrogens with zero attached hydrogens (tertiary/aromatic N) is 3. The highest BCUT2D eigenvalue weighted by Gasteiger charge is 2.04. The van der Waals surface area contributed by atoms with E-state index in [1.54, 1.807) is 36.0 Å². The lowest BCUT2D eigenvalue weighted by Gasteiger charge is -2.11. The number of thioether (sulfide) groups is 2. The van der Waals surface area contributed by atoms with E-state index in [9.17, 15) is 10.1 Å². The van der Waals surface area contributed by atoms with Gasteiger partial charge in [-0.3, -0.25) is 15.1 Å². The zero-order valence-electron chi connectivity index (χ0n) is 15.9. The van der Waals surface area contributed by atoms with Crippen LogP contribution in [0.2, 0.25) is 0 Å². The van der Waals surface area contributed by atoms with Gasteiger partial charge in [-0.1, -0.05) is 6.07 Å². The summed E-state index contributed by atoms with van der Waals surface area (Å²) in [6.07, 6.45) is 5.41. The van der Waals surface area contributed by atoms with Gasteiger partial charge < -0.3 is 15.6 Å². The summed E-state index contributed by atoms with van der Waals surface area (Å²) in [5, 5.41) is 17.0. The van der Waals surface area contributed by atoms with Crippen molar-refractivity contribution >= 4 is 23.5 Å². The van der Waals surface area contributed by atoms with Gasteiger partial charge in [-0.2, -0.15) is 23.5 Å². The molecule has 0 radical (unpaired) electrons. The molecule has 2 rings (SSSR count). The van der Waals surface area contributed by atoms with Gasteiger partial charge >= 0.3 is 0 Å². The molecule has 0 unspecified atom stereocenters. The molecule has 0 spiro atoms. The first-order chi connectivity index (χ1) is 13.6. The van der Waals surface area contributed by atoms with Gasteiger partial charge in [0.05, 0.1) is 16.9 Å². The number of pyridine rings is 1. The SMILES string of the molecule is Cc1[nH]cnc1CSCCNC(=C[N+](=O)[O-])NCCSCCc1ccccn1. The molecule has 2 aromatic heterocycles. The van der Waals surface area contributed by atoms with Gasteiger partial charge in [-0.15, -0.1) is 0 Å². The molecule has 0 bridgehead atoms. The molecule has 0 aliphatic carbocycles. The molecule has 2 aromatic rings. The third-order valence-corrected chi connectivity index (χ3v) is 5.72. The fourth-order valence-corrected chi connectivity index (χ4v) is 3.98. The van der Waals surface area contributed by atoms with Crippen LogP contribution in [0.5, 0.6) is 0 Å². The quantitative estimate of drug-likeness (QED) is 0.242. The van der Waals surface area contributed by atoms with Crippen LogP contribution >= 0.6 is 23.5 Å². The lowest BCUT2D eigenvalue weighted by molar-refractivity contribution is -0.404. The van der Waals surface area contributed by atoms with Crippen molar-refractivity contribution in [1.29, 1.82) is 0 Å². The van der Waals surface area contributed by atoms with Crippen LogP contribution in [0.1, 0.15) is 17.1 Å². The molecule has 152 valence electrons. The van der Waals surface area contributed by atoms with Crippen LogP contribution in [-0.4, -0.2) is 50.2 Å². The largest absolute Gasteiger partial charge is 0.366 e. The smallest absolute Gasteiger partial charge is 0.274 e. The highest BCUT2D eigenvalue weighted by atomic mass is 32.2. The normalized spacial score (nSPS) is 11.4. The molecule has 28 heavy (non-hydrogen) atoms.